The van der Waals surface area contributed by atoms with E-state index in [1.54, 1.807) is 0 Å². The second-order valence-electron chi connectivity index (χ2n) is 3.05. The first-order chi connectivity index (χ1) is 5.38. The summed E-state index contributed by atoms with van der Waals surface area (Å²) in [6.07, 6.45) is 5.97. The van der Waals surface area contributed by atoms with Gasteiger partial charge in [0.05, 0.1) is 6.10 Å². The van der Waals surface area contributed by atoms with Gasteiger partial charge in [0.2, 0.25) is 0 Å². The molecule has 0 aliphatic carbocycles. The molecule has 11 heavy (non-hydrogen) atoms. The third-order valence-electron chi connectivity index (χ3n) is 2.24. The van der Waals surface area contributed by atoms with Crippen molar-refractivity contribution >= 4 is 6.21 Å². The van der Waals surface area contributed by atoms with Gasteiger partial charge in [-0.15, -0.1) is 0 Å². The Morgan fingerprint density at radius 3 is 2.91 bits per heavy atom. The summed E-state index contributed by atoms with van der Waals surface area (Å²) >= 11 is 0. The lowest BCUT2D eigenvalue weighted by atomic mass is 9.95. The normalized spacial score (nSPS) is 25.8. The largest absolute Gasteiger partial charge is 0.350 e. The highest BCUT2D eigenvalue weighted by molar-refractivity contribution is 5.64. The van der Waals surface area contributed by atoms with Crippen molar-refractivity contribution in [2.24, 2.45) is 10.9 Å². The first kappa shape index (κ1) is 8.72. The molecule has 0 radical (unpaired) electrons. The summed E-state index contributed by atoms with van der Waals surface area (Å²) in [5.74, 6) is 0.686. The molecule has 0 amide bonds. The Kier molecular flexibility index (Phi) is 3.57. The molecular formula is C9H17NO. The molecule has 0 aromatic carbocycles. The van der Waals surface area contributed by atoms with Crippen LogP contribution < -0.4 is 0 Å². The van der Waals surface area contributed by atoms with Crippen LogP contribution >= 0.6 is 0 Å². The van der Waals surface area contributed by atoms with E-state index in [9.17, 15) is 0 Å². The minimum Gasteiger partial charge on any atom is -0.350 e. The van der Waals surface area contributed by atoms with Crippen molar-refractivity contribution in [3.63, 3.8) is 0 Å². The summed E-state index contributed by atoms with van der Waals surface area (Å²) in [7, 11) is 0. The highest BCUT2D eigenvalue weighted by Gasteiger charge is 2.20. The lowest BCUT2D eigenvalue weighted by molar-refractivity contribution is 0.0794. The lowest BCUT2D eigenvalue weighted by Gasteiger charge is -2.18. The van der Waals surface area contributed by atoms with Gasteiger partial charge >= 0.3 is 0 Å². The van der Waals surface area contributed by atoms with Crippen molar-refractivity contribution in [2.75, 3.05) is 6.73 Å². The van der Waals surface area contributed by atoms with Crippen molar-refractivity contribution in [2.45, 2.75) is 39.2 Å². The molecule has 0 aromatic rings. The molecule has 0 saturated carbocycles. The average Bonchev–Trinajstić information content (AvgIpc) is 2.52. The van der Waals surface area contributed by atoms with Gasteiger partial charge in [0.15, 0.2) is 0 Å². The molecule has 0 bridgehead atoms. The van der Waals surface area contributed by atoms with Gasteiger partial charge in [-0.05, 0) is 12.3 Å². The summed E-state index contributed by atoms with van der Waals surface area (Å²) in [6.45, 7) is 5.01. The summed E-state index contributed by atoms with van der Waals surface area (Å²) in [5.41, 5.74) is 0. The Morgan fingerprint density at radius 1 is 1.64 bits per heavy atom. The van der Waals surface area contributed by atoms with Gasteiger partial charge in [0, 0.05) is 6.21 Å². The van der Waals surface area contributed by atoms with Crippen molar-refractivity contribution in [1.82, 2.24) is 0 Å². The van der Waals surface area contributed by atoms with Crippen molar-refractivity contribution in [3.8, 4) is 0 Å². The first-order valence-corrected chi connectivity index (χ1v) is 4.50. The van der Waals surface area contributed by atoms with E-state index in [0.717, 1.165) is 0 Å². The van der Waals surface area contributed by atoms with Gasteiger partial charge in [-0.2, -0.15) is 0 Å². The fourth-order valence-corrected chi connectivity index (χ4v) is 1.55. The predicted octanol–water partition coefficient (Wildman–Crippen LogP) is 2.24. The second-order valence-corrected chi connectivity index (χ2v) is 3.05. The summed E-state index contributed by atoms with van der Waals surface area (Å²) in [4.78, 5) is 4.07. The number of nitrogens with zero attached hydrogens (tertiary/aromatic N) is 1. The Bertz CT molecular complexity index is 134. The van der Waals surface area contributed by atoms with Crippen LogP contribution in [0, 0.1) is 5.92 Å². The Hall–Kier alpha value is -0.370. The van der Waals surface area contributed by atoms with Crippen LogP contribution in [0.15, 0.2) is 4.99 Å². The van der Waals surface area contributed by atoms with E-state index in [4.69, 9.17) is 4.74 Å². The van der Waals surface area contributed by atoms with Crippen LogP contribution in [-0.2, 0) is 4.74 Å². The van der Waals surface area contributed by atoms with Crippen LogP contribution in [-0.4, -0.2) is 19.0 Å². The fraction of sp³-hybridized carbons (Fsp3) is 0.889. The van der Waals surface area contributed by atoms with Gasteiger partial charge in [-0.25, -0.2) is 0 Å². The van der Waals surface area contributed by atoms with E-state index in [0.29, 0.717) is 18.8 Å². The molecule has 0 spiro atoms. The second kappa shape index (κ2) is 4.50. The zero-order valence-electron chi connectivity index (χ0n) is 7.42. The van der Waals surface area contributed by atoms with Crippen LogP contribution in [0.2, 0.25) is 0 Å². The molecule has 1 heterocycles. The molecule has 0 N–H and O–H groups in total. The molecule has 0 aromatic heterocycles. The minimum atomic E-state index is 0.306. The quantitative estimate of drug-likeness (QED) is 0.610. The molecule has 64 valence electrons. The van der Waals surface area contributed by atoms with Crippen LogP contribution in [0.3, 0.4) is 0 Å². The van der Waals surface area contributed by atoms with E-state index in [1.165, 1.54) is 19.3 Å². The Labute approximate surface area is 68.7 Å². The molecule has 0 saturated heterocycles. The molecule has 2 atom stereocenters. The van der Waals surface area contributed by atoms with Gasteiger partial charge in [-0.1, -0.05) is 26.7 Å². The van der Waals surface area contributed by atoms with E-state index >= 15 is 0 Å². The van der Waals surface area contributed by atoms with Crippen molar-refractivity contribution in [1.29, 1.82) is 0 Å². The Morgan fingerprint density at radius 2 is 2.45 bits per heavy atom. The van der Waals surface area contributed by atoms with E-state index in [1.807, 2.05) is 6.21 Å². The molecule has 2 nitrogen and oxygen atoms in total. The predicted molar refractivity (Wildman–Crippen MR) is 46.9 cm³/mol. The van der Waals surface area contributed by atoms with Crippen LogP contribution in [0.4, 0.5) is 0 Å². The maximum Gasteiger partial charge on any atom is 0.138 e. The van der Waals surface area contributed by atoms with Crippen molar-refractivity contribution in [3.05, 3.63) is 0 Å². The molecule has 0 fully saturated rings. The van der Waals surface area contributed by atoms with Gasteiger partial charge in [-0.3, -0.25) is 4.99 Å². The van der Waals surface area contributed by atoms with E-state index in [2.05, 4.69) is 18.8 Å². The van der Waals surface area contributed by atoms with Crippen LogP contribution in [0.1, 0.15) is 33.1 Å². The third kappa shape index (κ3) is 2.29. The maximum atomic E-state index is 5.44. The number of hydrogen-bond acceptors (Lipinski definition) is 2. The molecular weight excluding hydrogens is 138 g/mol. The summed E-state index contributed by atoms with van der Waals surface area (Å²) in [6, 6.07) is 0. The standard InChI is InChI=1S/C9H17NO/c1-3-5-8(4-2)9-6-10-7-11-9/h6,8-9H,3-5,7H2,1-2H3. The summed E-state index contributed by atoms with van der Waals surface area (Å²) < 4.78 is 5.44. The first-order valence-electron chi connectivity index (χ1n) is 4.50. The lowest BCUT2D eigenvalue weighted by Crippen LogP contribution is -2.21. The molecule has 1 aliphatic rings. The number of hydrogen-bond donors (Lipinski definition) is 0. The number of rotatable bonds is 4. The topological polar surface area (TPSA) is 21.6 Å². The van der Waals surface area contributed by atoms with E-state index < -0.39 is 0 Å². The van der Waals surface area contributed by atoms with Crippen molar-refractivity contribution < 1.29 is 4.74 Å². The summed E-state index contributed by atoms with van der Waals surface area (Å²) in [5, 5.41) is 0. The maximum absolute atomic E-state index is 5.44. The highest BCUT2D eigenvalue weighted by atomic mass is 16.5. The average molecular weight is 155 g/mol. The Balaban J connectivity index is 2.34. The van der Waals surface area contributed by atoms with E-state index in [-0.39, 0.29) is 0 Å². The number of ether oxygens (including phenoxy) is 1. The molecule has 1 rings (SSSR count). The van der Waals surface area contributed by atoms with Gasteiger partial charge in [0.25, 0.3) is 0 Å². The minimum absolute atomic E-state index is 0.306. The number of aliphatic imine (C=N–C) groups is 1. The molecule has 2 heteroatoms. The third-order valence-corrected chi connectivity index (χ3v) is 2.24. The fourth-order valence-electron chi connectivity index (χ4n) is 1.55. The molecule has 2 unspecified atom stereocenters. The smallest absolute Gasteiger partial charge is 0.138 e. The van der Waals surface area contributed by atoms with Crippen LogP contribution in [0.25, 0.3) is 0 Å². The van der Waals surface area contributed by atoms with Gasteiger partial charge < -0.3 is 4.74 Å². The van der Waals surface area contributed by atoms with Gasteiger partial charge in [0.1, 0.15) is 6.73 Å². The molecule has 1 aliphatic heterocycles. The van der Waals surface area contributed by atoms with Crippen LogP contribution in [0.5, 0.6) is 0 Å². The SMILES string of the molecule is CCCC(CC)C1C=NCO1. The highest BCUT2D eigenvalue weighted by Crippen LogP contribution is 2.19. The monoisotopic (exact) mass is 155 g/mol. The zero-order valence-corrected chi connectivity index (χ0v) is 7.42. The zero-order chi connectivity index (χ0) is 8.10.